The monoisotopic (exact) mass is 317 g/mol. The van der Waals surface area contributed by atoms with Crippen molar-refractivity contribution in [2.24, 2.45) is 0 Å². The van der Waals surface area contributed by atoms with Gasteiger partial charge in [-0.15, -0.1) is 0 Å². The normalized spacial score (nSPS) is 10.3. The molecule has 0 aliphatic carbocycles. The maximum Gasteiger partial charge on any atom is 0.104 e. The summed E-state index contributed by atoms with van der Waals surface area (Å²) in [5, 5.41) is 8.54. The van der Waals surface area contributed by atoms with Crippen LogP contribution in [-0.4, -0.2) is 29.2 Å². The first-order valence-electron chi connectivity index (χ1n) is 8.23. The van der Waals surface area contributed by atoms with Gasteiger partial charge in [0, 0.05) is 5.56 Å². The van der Waals surface area contributed by atoms with Gasteiger partial charge in [-0.25, -0.2) is 0 Å². The highest BCUT2D eigenvalue weighted by Crippen LogP contribution is 2.13. The van der Waals surface area contributed by atoms with Crippen LogP contribution in [-0.2, 0) is 13.2 Å². The highest BCUT2D eigenvalue weighted by Gasteiger charge is 2.20. The summed E-state index contributed by atoms with van der Waals surface area (Å²) in [6, 6.07) is 20.3. The maximum atomic E-state index is 8.54. The van der Waals surface area contributed by atoms with Crippen LogP contribution >= 0.6 is 0 Å². The lowest BCUT2D eigenvalue weighted by Gasteiger charge is -2.35. The van der Waals surface area contributed by atoms with Crippen LogP contribution < -0.4 is 6.15 Å². The fourth-order valence-corrected chi connectivity index (χ4v) is 2.56. The van der Waals surface area contributed by atoms with Gasteiger partial charge in [0.25, 0.3) is 0 Å². The van der Waals surface area contributed by atoms with Crippen molar-refractivity contribution < 1.29 is 9.59 Å². The fourth-order valence-electron chi connectivity index (χ4n) is 2.56. The van der Waals surface area contributed by atoms with Crippen molar-refractivity contribution in [3.05, 3.63) is 71.8 Å². The molecule has 2 aromatic carbocycles. The van der Waals surface area contributed by atoms with Crippen LogP contribution in [0, 0.1) is 0 Å². The van der Waals surface area contributed by atoms with Gasteiger partial charge in [-0.2, -0.15) is 0 Å². The molecular formula is C20H33N2O+. The van der Waals surface area contributed by atoms with Gasteiger partial charge >= 0.3 is 0 Å². The Balaban J connectivity index is 0.000000460. The minimum Gasteiger partial charge on any atom is -0.392 e. The zero-order valence-corrected chi connectivity index (χ0v) is 14.9. The predicted molar refractivity (Wildman–Crippen MR) is 99.4 cm³/mol. The van der Waals surface area contributed by atoms with Crippen molar-refractivity contribution in [2.75, 3.05) is 19.6 Å². The van der Waals surface area contributed by atoms with E-state index in [4.69, 9.17) is 5.11 Å². The number of hydrogen-bond acceptors (Lipinski definition) is 2. The second-order valence-electron chi connectivity index (χ2n) is 5.58. The summed E-state index contributed by atoms with van der Waals surface area (Å²) in [6.45, 7) is 11.8. The molecule has 0 unspecified atom stereocenters. The zero-order valence-electron chi connectivity index (χ0n) is 14.9. The Kier molecular flexibility index (Phi) is 11.0. The second-order valence-corrected chi connectivity index (χ2v) is 5.58. The Hall–Kier alpha value is -1.68. The van der Waals surface area contributed by atoms with Gasteiger partial charge in [-0.05, 0) is 26.3 Å². The van der Waals surface area contributed by atoms with E-state index in [-0.39, 0.29) is 12.8 Å². The molecule has 0 fully saturated rings. The number of nitrogens with zero attached hydrogens (tertiary/aromatic N) is 1. The SMILES string of the molecule is CC[N+](CC)(CC)Cc1ccccc1.N.OCc1ccccc1. The third-order valence-electron chi connectivity index (χ3n) is 4.40. The quantitative estimate of drug-likeness (QED) is 0.776. The summed E-state index contributed by atoms with van der Waals surface area (Å²) in [4.78, 5) is 0. The topological polar surface area (TPSA) is 55.2 Å². The molecule has 0 spiro atoms. The average molecular weight is 317 g/mol. The Morgan fingerprint density at radius 1 is 0.696 bits per heavy atom. The lowest BCUT2D eigenvalue weighted by molar-refractivity contribution is -0.936. The van der Waals surface area contributed by atoms with Crippen LogP contribution in [0.25, 0.3) is 0 Å². The first kappa shape index (κ1) is 21.3. The van der Waals surface area contributed by atoms with E-state index in [1.165, 1.54) is 36.2 Å². The van der Waals surface area contributed by atoms with Gasteiger partial charge in [0.05, 0.1) is 26.2 Å². The molecule has 0 aliphatic heterocycles. The molecule has 0 heterocycles. The van der Waals surface area contributed by atoms with Crippen LogP contribution in [0.15, 0.2) is 60.7 Å². The highest BCUT2D eigenvalue weighted by molar-refractivity contribution is 5.13. The Morgan fingerprint density at radius 3 is 1.39 bits per heavy atom. The van der Waals surface area contributed by atoms with Crippen molar-refractivity contribution in [2.45, 2.75) is 33.9 Å². The molecule has 0 bridgehead atoms. The Bertz CT molecular complexity index is 487. The van der Waals surface area contributed by atoms with E-state index in [9.17, 15) is 0 Å². The van der Waals surface area contributed by atoms with Gasteiger partial charge in [-0.1, -0.05) is 60.7 Å². The number of rotatable bonds is 6. The summed E-state index contributed by atoms with van der Waals surface area (Å²) in [7, 11) is 0. The van der Waals surface area contributed by atoms with Gasteiger partial charge in [0.1, 0.15) is 6.54 Å². The molecule has 2 aromatic rings. The first-order chi connectivity index (χ1) is 10.7. The third kappa shape index (κ3) is 7.42. The van der Waals surface area contributed by atoms with Crippen molar-refractivity contribution in [1.82, 2.24) is 6.15 Å². The van der Waals surface area contributed by atoms with E-state index in [0.29, 0.717) is 0 Å². The van der Waals surface area contributed by atoms with Crippen LogP contribution in [0.3, 0.4) is 0 Å². The summed E-state index contributed by atoms with van der Waals surface area (Å²) in [5.41, 5.74) is 2.42. The van der Waals surface area contributed by atoms with E-state index in [2.05, 4.69) is 51.1 Å². The van der Waals surface area contributed by atoms with E-state index < -0.39 is 0 Å². The van der Waals surface area contributed by atoms with Crippen molar-refractivity contribution >= 4 is 0 Å². The molecule has 0 aliphatic rings. The third-order valence-corrected chi connectivity index (χ3v) is 4.40. The molecule has 3 heteroatoms. The molecule has 0 radical (unpaired) electrons. The lowest BCUT2D eigenvalue weighted by atomic mass is 10.2. The lowest BCUT2D eigenvalue weighted by Crippen LogP contribution is -2.46. The number of aliphatic hydroxyl groups is 1. The summed E-state index contributed by atoms with van der Waals surface area (Å²) in [6.07, 6.45) is 0. The van der Waals surface area contributed by atoms with Gasteiger partial charge in [0.2, 0.25) is 0 Å². The largest absolute Gasteiger partial charge is 0.392 e. The van der Waals surface area contributed by atoms with E-state index in [1.807, 2.05) is 30.3 Å². The summed E-state index contributed by atoms with van der Waals surface area (Å²) >= 11 is 0. The number of aliphatic hydroxyl groups excluding tert-OH is 1. The van der Waals surface area contributed by atoms with E-state index >= 15 is 0 Å². The zero-order chi connectivity index (χ0) is 16.3. The Morgan fingerprint density at radius 2 is 1.09 bits per heavy atom. The minimum absolute atomic E-state index is 0. The number of hydrogen-bond donors (Lipinski definition) is 2. The molecule has 0 saturated carbocycles. The molecule has 3 nitrogen and oxygen atoms in total. The fraction of sp³-hybridized carbons (Fsp3) is 0.400. The molecule has 128 valence electrons. The van der Waals surface area contributed by atoms with Crippen molar-refractivity contribution in [1.29, 1.82) is 0 Å². The minimum atomic E-state index is 0. The smallest absolute Gasteiger partial charge is 0.104 e. The van der Waals surface area contributed by atoms with Crippen molar-refractivity contribution in [3.63, 3.8) is 0 Å². The number of quaternary nitrogens is 1. The maximum absolute atomic E-state index is 8.54. The van der Waals surface area contributed by atoms with Crippen LogP contribution in [0.1, 0.15) is 31.9 Å². The van der Waals surface area contributed by atoms with Gasteiger partial charge < -0.3 is 15.7 Å². The summed E-state index contributed by atoms with van der Waals surface area (Å²) < 4.78 is 1.20. The van der Waals surface area contributed by atoms with Gasteiger partial charge in [-0.3, -0.25) is 0 Å². The molecule has 4 N–H and O–H groups in total. The molecule has 0 atom stereocenters. The molecule has 23 heavy (non-hydrogen) atoms. The van der Waals surface area contributed by atoms with Crippen LogP contribution in [0.2, 0.25) is 0 Å². The Labute approximate surface area is 141 Å². The van der Waals surface area contributed by atoms with Crippen molar-refractivity contribution in [3.8, 4) is 0 Å². The first-order valence-corrected chi connectivity index (χ1v) is 8.23. The predicted octanol–water partition coefficient (Wildman–Crippen LogP) is 4.40. The van der Waals surface area contributed by atoms with Crippen LogP contribution in [0.4, 0.5) is 0 Å². The molecule has 0 aromatic heterocycles. The van der Waals surface area contributed by atoms with Crippen LogP contribution in [0.5, 0.6) is 0 Å². The van der Waals surface area contributed by atoms with E-state index in [1.54, 1.807) is 0 Å². The summed E-state index contributed by atoms with van der Waals surface area (Å²) in [5.74, 6) is 0. The number of benzene rings is 2. The molecular weight excluding hydrogens is 284 g/mol. The van der Waals surface area contributed by atoms with E-state index in [0.717, 1.165) is 5.56 Å². The molecule has 0 saturated heterocycles. The highest BCUT2D eigenvalue weighted by atomic mass is 16.3. The second kappa shape index (κ2) is 11.8. The van der Waals surface area contributed by atoms with Gasteiger partial charge in [0.15, 0.2) is 0 Å². The molecule has 0 amide bonds. The molecule has 2 rings (SSSR count). The standard InChI is InChI=1S/C13H22N.C7H8O.H3N/c1-4-14(5-2,6-3)12-13-10-8-7-9-11-13;8-6-7-4-2-1-3-5-7;/h7-11H,4-6,12H2,1-3H3;1-5,8H,6H2;1H3/q+1;;. The average Bonchev–Trinajstić information content (AvgIpc) is 2.62.